The lowest BCUT2D eigenvalue weighted by Gasteiger charge is -2.14. The number of fused-ring (bicyclic) bond motifs is 2. The summed E-state index contributed by atoms with van der Waals surface area (Å²) in [6, 6.07) is 13.1. The molecule has 0 amide bonds. The number of benzene rings is 2. The van der Waals surface area contributed by atoms with Crippen molar-refractivity contribution in [2.45, 2.75) is 16.1 Å². The minimum atomic E-state index is 0.0356. The summed E-state index contributed by atoms with van der Waals surface area (Å²) in [5, 5.41) is 2.73. The molecule has 2 aromatic carbocycles. The number of rotatable bonds is 3. The Morgan fingerprint density at radius 1 is 1.25 bits per heavy atom. The first-order valence-electron chi connectivity index (χ1n) is 7.35. The van der Waals surface area contributed by atoms with Crippen molar-refractivity contribution in [3.63, 3.8) is 0 Å². The van der Waals surface area contributed by atoms with Crippen LogP contribution in [0, 0.1) is 0 Å². The van der Waals surface area contributed by atoms with Crippen LogP contribution in [0.5, 0.6) is 0 Å². The Balaban J connectivity index is 1.64. The number of nitrogens with zero attached hydrogens (tertiary/aromatic N) is 2. The molecule has 0 N–H and O–H groups in total. The average Bonchev–Trinajstić information content (AvgIpc) is 2.97. The van der Waals surface area contributed by atoms with Crippen LogP contribution in [0.25, 0.3) is 10.9 Å². The second-order valence-corrected chi connectivity index (χ2v) is 8.33. The third-order valence-corrected chi connectivity index (χ3v) is 6.85. The van der Waals surface area contributed by atoms with Gasteiger partial charge in [0, 0.05) is 21.4 Å². The second-order valence-electron chi connectivity index (χ2n) is 5.44. The quantitative estimate of drug-likeness (QED) is 0.454. The number of aromatic nitrogens is 2. The van der Waals surface area contributed by atoms with Crippen molar-refractivity contribution < 1.29 is 0 Å². The molecule has 0 fully saturated rings. The molecule has 1 aliphatic rings. The topological polar surface area (TPSA) is 34.9 Å². The van der Waals surface area contributed by atoms with Crippen molar-refractivity contribution in [1.29, 1.82) is 0 Å². The van der Waals surface area contributed by atoms with Crippen LogP contribution in [0.4, 0.5) is 0 Å². The van der Waals surface area contributed by atoms with Crippen LogP contribution >= 0.6 is 46.7 Å². The summed E-state index contributed by atoms with van der Waals surface area (Å²) in [6.07, 6.45) is 0. The zero-order valence-electron chi connectivity index (χ0n) is 12.4. The highest BCUT2D eigenvalue weighted by molar-refractivity contribution is 8.00. The van der Waals surface area contributed by atoms with Crippen molar-refractivity contribution in [2.24, 2.45) is 0 Å². The molecule has 0 saturated heterocycles. The highest BCUT2D eigenvalue weighted by atomic mass is 35.5. The molecular weight excluding hydrogens is 383 g/mol. The molecule has 1 aliphatic heterocycles. The molecule has 3 aromatic rings. The molecular formula is C17H12Cl2N2OS2. The number of hydrogen-bond acceptors (Lipinski definition) is 4. The van der Waals surface area contributed by atoms with Crippen LogP contribution in [0.3, 0.4) is 0 Å². The zero-order chi connectivity index (χ0) is 16.7. The Kier molecular flexibility index (Phi) is 4.52. The van der Waals surface area contributed by atoms with Gasteiger partial charge >= 0.3 is 0 Å². The van der Waals surface area contributed by atoms with Gasteiger partial charge < -0.3 is 0 Å². The minimum absolute atomic E-state index is 0.0356. The van der Waals surface area contributed by atoms with E-state index in [1.165, 1.54) is 0 Å². The van der Waals surface area contributed by atoms with Gasteiger partial charge in [-0.1, -0.05) is 47.1 Å². The minimum Gasteiger partial charge on any atom is -0.282 e. The van der Waals surface area contributed by atoms with Crippen LogP contribution in [-0.4, -0.2) is 21.1 Å². The van der Waals surface area contributed by atoms with Crippen molar-refractivity contribution in [3.05, 3.63) is 62.9 Å². The molecule has 0 unspecified atom stereocenters. The summed E-state index contributed by atoms with van der Waals surface area (Å²) in [6.45, 7) is 0. The molecule has 24 heavy (non-hydrogen) atoms. The molecule has 1 aromatic heterocycles. The molecule has 0 saturated carbocycles. The Morgan fingerprint density at radius 3 is 2.92 bits per heavy atom. The standard InChI is InChI=1S/C17H12Cl2N2OS2/c18-10-5-6-15(13(19)7-10)23-8-11-9-24-17-20-14-4-2-1-3-12(14)16(22)21(11)17/h1-7,11H,8-9H2/t11-/m0/s1. The highest BCUT2D eigenvalue weighted by Gasteiger charge is 2.26. The third kappa shape index (κ3) is 2.94. The van der Waals surface area contributed by atoms with Crippen LogP contribution in [0.15, 0.2) is 57.3 Å². The summed E-state index contributed by atoms with van der Waals surface area (Å²) < 4.78 is 1.82. The fraction of sp³-hybridized carbons (Fsp3) is 0.176. The number of halogens is 2. The molecule has 122 valence electrons. The lowest BCUT2D eigenvalue weighted by molar-refractivity contribution is 0.558. The Labute approximate surface area is 157 Å². The van der Waals surface area contributed by atoms with Gasteiger partial charge in [-0.05, 0) is 30.3 Å². The maximum Gasteiger partial charge on any atom is 0.262 e. The van der Waals surface area contributed by atoms with Crippen LogP contribution in [0.1, 0.15) is 6.04 Å². The maximum absolute atomic E-state index is 12.8. The van der Waals surface area contributed by atoms with Gasteiger partial charge in [-0.3, -0.25) is 9.36 Å². The van der Waals surface area contributed by atoms with E-state index in [9.17, 15) is 4.79 Å². The monoisotopic (exact) mass is 394 g/mol. The molecule has 3 nitrogen and oxygen atoms in total. The van der Waals surface area contributed by atoms with Gasteiger partial charge in [0.15, 0.2) is 5.16 Å². The first-order valence-corrected chi connectivity index (χ1v) is 10.1. The normalized spacial score (nSPS) is 16.5. The second kappa shape index (κ2) is 6.64. The fourth-order valence-corrected chi connectivity index (χ4v) is 5.56. The van der Waals surface area contributed by atoms with E-state index in [4.69, 9.17) is 23.2 Å². The summed E-state index contributed by atoms with van der Waals surface area (Å²) >= 11 is 15.4. The SMILES string of the molecule is O=c1c2ccccc2nc2n1[C@@H](CSc1ccc(Cl)cc1Cl)CS2. The fourth-order valence-electron chi connectivity index (χ4n) is 2.70. The summed E-state index contributed by atoms with van der Waals surface area (Å²) in [4.78, 5) is 18.4. The van der Waals surface area contributed by atoms with Gasteiger partial charge in [0.05, 0.1) is 22.0 Å². The van der Waals surface area contributed by atoms with Crippen molar-refractivity contribution in [3.8, 4) is 0 Å². The van der Waals surface area contributed by atoms with Gasteiger partial charge in [0.1, 0.15) is 0 Å². The predicted octanol–water partition coefficient (Wildman–Crippen LogP) is 5.14. The smallest absolute Gasteiger partial charge is 0.262 e. The van der Waals surface area contributed by atoms with E-state index in [2.05, 4.69) is 4.98 Å². The molecule has 0 bridgehead atoms. The molecule has 0 radical (unpaired) electrons. The van der Waals surface area contributed by atoms with E-state index in [0.29, 0.717) is 15.4 Å². The maximum atomic E-state index is 12.8. The van der Waals surface area contributed by atoms with E-state index in [1.807, 2.05) is 41.0 Å². The van der Waals surface area contributed by atoms with Crippen molar-refractivity contribution in [1.82, 2.24) is 9.55 Å². The van der Waals surface area contributed by atoms with E-state index in [1.54, 1.807) is 29.6 Å². The average molecular weight is 395 g/mol. The number of para-hydroxylation sites is 1. The molecule has 7 heteroatoms. The Hall–Kier alpha value is -1.14. The van der Waals surface area contributed by atoms with Gasteiger partial charge in [0.2, 0.25) is 0 Å². The lowest BCUT2D eigenvalue weighted by atomic mass is 10.2. The summed E-state index contributed by atoms with van der Waals surface area (Å²) in [5.41, 5.74) is 0.795. The first-order chi connectivity index (χ1) is 11.6. The van der Waals surface area contributed by atoms with Crippen LogP contribution in [0.2, 0.25) is 10.0 Å². The predicted molar refractivity (Wildman–Crippen MR) is 103 cm³/mol. The Morgan fingerprint density at radius 2 is 2.08 bits per heavy atom. The highest BCUT2D eigenvalue weighted by Crippen LogP contribution is 2.37. The third-order valence-electron chi connectivity index (χ3n) is 3.87. The van der Waals surface area contributed by atoms with Crippen LogP contribution < -0.4 is 5.56 Å². The summed E-state index contributed by atoms with van der Waals surface area (Å²) in [5.74, 6) is 1.61. The van der Waals surface area contributed by atoms with E-state index >= 15 is 0 Å². The number of thioether (sulfide) groups is 2. The molecule has 0 aliphatic carbocycles. The largest absolute Gasteiger partial charge is 0.282 e. The molecule has 2 heterocycles. The van der Waals surface area contributed by atoms with Crippen molar-refractivity contribution in [2.75, 3.05) is 11.5 Å². The molecule has 4 rings (SSSR count). The zero-order valence-corrected chi connectivity index (χ0v) is 15.6. The lowest BCUT2D eigenvalue weighted by Crippen LogP contribution is -2.25. The van der Waals surface area contributed by atoms with E-state index in [-0.39, 0.29) is 11.6 Å². The van der Waals surface area contributed by atoms with Gasteiger partial charge in [0.25, 0.3) is 5.56 Å². The van der Waals surface area contributed by atoms with E-state index < -0.39 is 0 Å². The summed E-state index contributed by atoms with van der Waals surface area (Å²) in [7, 11) is 0. The van der Waals surface area contributed by atoms with E-state index in [0.717, 1.165) is 27.1 Å². The van der Waals surface area contributed by atoms with Gasteiger partial charge in [-0.2, -0.15) is 0 Å². The number of hydrogen-bond donors (Lipinski definition) is 0. The van der Waals surface area contributed by atoms with Gasteiger partial charge in [-0.15, -0.1) is 11.8 Å². The Bertz CT molecular complexity index is 990. The first kappa shape index (κ1) is 16.3. The molecule has 0 spiro atoms. The van der Waals surface area contributed by atoms with Crippen LogP contribution in [-0.2, 0) is 0 Å². The molecule has 1 atom stereocenters. The van der Waals surface area contributed by atoms with Gasteiger partial charge in [-0.25, -0.2) is 4.98 Å². The van der Waals surface area contributed by atoms with Crippen molar-refractivity contribution >= 4 is 57.6 Å².